The average molecular weight is 528 g/mol. The van der Waals surface area contributed by atoms with E-state index in [4.69, 9.17) is 34.8 Å². The van der Waals surface area contributed by atoms with Crippen LogP contribution in [0.3, 0.4) is 0 Å². The van der Waals surface area contributed by atoms with E-state index in [1.54, 1.807) is 17.0 Å². The number of hydrogen-bond donors (Lipinski definition) is 1. The lowest BCUT2D eigenvalue weighted by Crippen LogP contribution is -2.51. The zero-order chi connectivity index (χ0) is 23.8. The molecule has 0 bridgehead atoms. The van der Waals surface area contributed by atoms with E-state index in [0.29, 0.717) is 33.8 Å². The Balaban J connectivity index is 1.72. The summed E-state index contributed by atoms with van der Waals surface area (Å²) in [6, 6.07) is 12.6. The third-order valence-electron chi connectivity index (χ3n) is 5.81. The minimum atomic E-state index is -0.542. The van der Waals surface area contributed by atoms with E-state index in [-0.39, 0.29) is 23.6 Å². The van der Waals surface area contributed by atoms with E-state index < -0.39 is 6.04 Å². The molecule has 1 aliphatic carbocycles. The van der Waals surface area contributed by atoms with Gasteiger partial charge in [-0.3, -0.25) is 9.59 Å². The maximum absolute atomic E-state index is 13.3. The van der Waals surface area contributed by atoms with Crippen molar-refractivity contribution in [2.45, 2.75) is 63.4 Å². The number of thioether (sulfide) groups is 1. The van der Waals surface area contributed by atoms with E-state index in [9.17, 15) is 9.59 Å². The van der Waals surface area contributed by atoms with Crippen LogP contribution in [0.1, 0.15) is 50.2 Å². The molecule has 3 rings (SSSR count). The lowest BCUT2D eigenvalue weighted by atomic mass is 10.1. The predicted molar refractivity (Wildman–Crippen MR) is 139 cm³/mol. The second-order valence-electron chi connectivity index (χ2n) is 8.31. The van der Waals surface area contributed by atoms with Crippen molar-refractivity contribution in [2.75, 3.05) is 5.75 Å². The molecule has 0 saturated heterocycles. The third kappa shape index (κ3) is 7.81. The Bertz CT molecular complexity index is 966. The summed E-state index contributed by atoms with van der Waals surface area (Å²) in [5.74, 6) is 0.762. The van der Waals surface area contributed by atoms with Gasteiger partial charge >= 0.3 is 0 Å². The van der Waals surface area contributed by atoms with Crippen LogP contribution < -0.4 is 5.32 Å². The third-order valence-corrected chi connectivity index (χ3v) is 7.77. The van der Waals surface area contributed by atoms with E-state index >= 15 is 0 Å². The quantitative estimate of drug-likeness (QED) is 0.372. The predicted octanol–water partition coefficient (Wildman–Crippen LogP) is 6.75. The number of hydrogen-bond acceptors (Lipinski definition) is 3. The van der Waals surface area contributed by atoms with Crippen LogP contribution in [0, 0.1) is 0 Å². The lowest BCUT2D eigenvalue weighted by molar-refractivity contribution is -0.139. The van der Waals surface area contributed by atoms with Crippen molar-refractivity contribution in [1.29, 1.82) is 0 Å². The summed E-state index contributed by atoms with van der Waals surface area (Å²) in [4.78, 5) is 28.2. The fraction of sp³-hybridized carbons (Fsp3) is 0.440. The summed E-state index contributed by atoms with van der Waals surface area (Å²) in [6.07, 6.45) is 4.79. The van der Waals surface area contributed by atoms with Crippen LogP contribution in [-0.4, -0.2) is 34.6 Å². The number of benzene rings is 2. The summed E-state index contributed by atoms with van der Waals surface area (Å²) in [5.41, 5.74) is 1.90. The second kappa shape index (κ2) is 12.9. The maximum Gasteiger partial charge on any atom is 0.243 e. The number of nitrogens with zero attached hydrogens (tertiary/aromatic N) is 1. The van der Waals surface area contributed by atoms with Crippen molar-refractivity contribution < 1.29 is 9.59 Å². The van der Waals surface area contributed by atoms with Crippen LogP contribution in [0.25, 0.3) is 0 Å². The molecule has 2 aromatic carbocycles. The van der Waals surface area contributed by atoms with E-state index in [2.05, 4.69) is 5.32 Å². The summed E-state index contributed by atoms with van der Waals surface area (Å²) in [7, 11) is 0. The Kier molecular flexibility index (Phi) is 10.2. The highest BCUT2D eigenvalue weighted by Gasteiger charge is 2.30. The van der Waals surface area contributed by atoms with Crippen LogP contribution in [0.5, 0.6) is 0 Å². The molecule has 1 fully saturated rings. The largest absolute Gasteiger partial charge is 0.352 e. The summed E-state index contributed by atoms with van der Waals surface area (Å²) < 4.78 is 0. The molecule has 4 nitrogen and oxygen atoms in total. The zero-order valence-corrected chi connectivity index (χ0v) is 21.7. The molecule has 1 saturated carbocycles. The fourth-order valence-corrected chi connectivity index (χ4v) is 5.48. The van der Waals surface area contributed by atoms with Gasteiger partial charge < -0.3 is 10.2 Å². The first-order valence-electron chi connectivity index (χ1n) is 11.2. The molecule has 2 amide bonds. The molecule has 8 heteroatoms. The molecule has 0 heterocycles. The molecule has 178 valence electrons. The van der Waals surface area contributed by atoms with Gasteiger partial charge in [0.15, 0.2) is 0 Å². The fourth-order valence-electron chi connectivity index (χ4n) is 4.09. The van der Waals surface area contributed by atoms with Crippen molar-refractivity contribution in [3.8, 4) is 0 Å². The first-order chi connectivity index (χ1) is 15.9. The van der Waals surface area contributed by atoms with E-state index in [1.165, 1.54) is 11.8 Å². The molecule has 0 unspecified atom stereocenters. The number of nitrogens with one attached hydrogen (secondary N) is 1. The SMILES string of the molecule is CC[C@H](C(=O)NC1CCCC1)N(Cc1ccc(Cl)c(Cl)c1)C(=O)CSCc1cccc(Cl)c1. The number of carbonyl (C=O) groups excluding carboxylic acids is 2. The van der Waals surface area contributed by atoms with Crippen molar-refractivity contribution in [1.82, 2.24) is 10.2 Å². The first-order valence-corrected chi connectivity index (χ1v) is 13.5. The molecule has 1 atom stereocenters. The Morgan fingerprint density at radius 1 is 1.06 bits per heavy atom. The van der Waals surface area contributed by atoms with Crippen LogP contribution >= 0.6 is 46.6 Å². The molecule has 33 heavy (non-hydrogen) atoms. The van der Waals surface area contributed by atoms with Gasteiger partial charge in [-0.05, 0) is 54.7 Å². The van der Waals surface area contributed by atoms with Crippen LogP contribution in [0.2, 0.25) is 15.1 Å². The van der Waals surface area contributed by atoms with Crippen LogP contribution in [-0.2, 0) is 21.9 Å². The molecular formula is C25H29Cl3N2O2S. The molecule has 1 aliphatic rings. The Morgan fingerprint density at radius 3 is 2.48 bits per heavy atom. The first kappa shape index (κ1) is 26.2. The molecule has 0 spiro atoms. The van der Waals surface area contributed by atoms with Gasteiger partial charge in [0, 0.05) is 23.4 Å². The van der Waals surface area contributed by atoms with Gasteiger partial charge in [0.2, 0.25) is 11.8 Å². The molecule has 0 aromatic heterocycles. The maximum atomic E-state index is 13.3. The Morgan fingerprint density at radius 2 is 1.82 bits per heavy atom. The normalized spacial score (nSPS) is 14.8. The zero-order valence-electron chi connectivity index (χ0n) is 18.7. The molecular weight excluding hydrogens is 499 g/mol. The monoisotopic (exact) mass is 526 g/mol. The van der Waals surface area contributed by atoms with Gasteiger partial charge in [-0.25, -0.2) is 0 Å². The Hall–Kier alpha value is -1.40. The van der Waals surface area contributed by atoms with Gasteiger partial charge in [-0.15, -0.1) is 11.8 Å². The van der Waals surface area contributed by atoms with Crippen LogP contribution in [0.4, 0.5) is 0 Å². The highest BCUT2D eigenvalue weighted by atomic mass is 35.5. The van der Waals surface area contributed by atoms with Crippen molar-refractivity contribution >= 4 is 58.4 Å². The van der Waals surface area contributed by atoms with Gasteiger partial charge in [0.05, 0.1) is 15.8 Å². The highest BCUT2D eigenvalue weighted by Crippen LogP contribution is 2.25. The average Bonchev–Trinajstić information content (AvgIpc) is 3.29. The lowest BCUT2D eigenvalue weighted by Gasteiger charge is -2.31. The standard InChI is InChI=1S/C25H29Cl3N2O2S/c1-2-23(25(32)29-20-8-3-4-9-20)30(14-17-10-11-21(27)22(28)13-17)24(31)16-33-15-18-6-5-7-19(26)12-18/h5-7,10-13,20,23H,2-4,8-9,14-16H2,1H3,(H,29,32)/t23-/m1/s1. The van der Waals surface area contributed by atoms with Gasteiger partial charge in [-0.1, -0.05) is 72.8 Å². The number of halogens is 3. The second-order valence-corrected chi connectivity index (χ2v) is 10.5. The van der Waals surface area contributed by atoms with Crippen molar-refractivity contribution in [2.24, 2.45) is 0 Å². The van der Waals surface area contributed by atoms with E-state index in [1.807, 2.05) is 37.3 Å². The summed E-state index contributed by atoms with van der Waals surface area (Å²) in [5, 5.41) is 4.72. The number of carbonyl (C=O) groups is 2. The minimum Gasteiger partial charge on any atom is -0.352 e. The van der Waals surface area contributed by atoms with Gasteiger partial charge in [-0.2, -0.15) is 0 Å². The minimum absolute atomic E-state index is 0.0819. The van der Waals surface area contributed by atoms with E-state index in [0.717, 1.165) is 36.8 Å². The summed E-state index contributed by atoms with van der Waals surface area (Å²) >= 11 is 19.8. The van der Waals surface area contributed by atoms with Crippen molar-refractivity contribution in [3.63, 3.8) is 0 Å². The highest BCUT2D eigenvalue weighted by molar-refractivity contribution is 7.99. The van der Waals surface area contributed by atoms with Gasteiger partial charge in [0.1, 0.15) is 6.04 Å². The number of amides is 2. The molecule has 0 aliphatic heterocycles. The topological polar surface area (TPSA) is 49.4 Å². The molecule has 1 N–H and O–H groups in total. The smallest absolute Gasteiger partial charge is 0.243 e. The molecule has 2 aromatic rings. The van der Waals surface area contributed by atoms with Crippen LogP contribution in [0.15, 0.2) is 42.5 Å². The van der Waals surface area contributed by atoms with Gasteiger partial charge in [0.25, 0.3) is 0 Å². The molecule has 0 radical (unpaired) electrons. The Labute approximate surface area is 215 Å². The van der Waals surface area contributed by atoms with Crippen molar-refractivity contribution in [3.05, 3.63) is 68.7 Å². The number of rotatable bonds is 10. The summed E-state index contributed by atoms with van der Waals surface area (Å²) in [6.45, 7) is 2.23.